The Balaban J connectivity index is 2.06. The van der Waals surface area contributed by atoms with Crippen LogP contribution in [0.4, 0.5) is 11.4 Å². The average molecular weight is 355 g/mol. The first-order chi connectivity index (χ1) is 12.0. The third kappa shape index (κ3) is 4.52. The van der Waals surface area contributed by atoms with Crippen molar-refractivity contribution in [1.29, 1.82) is 5.26 Å². The van der Waals surface area contributed by atoms with Crippen LogP contribution in [0.25, 0.3) is 0 Å². The number of esters is 1. The first-order valence-electron chi connectivity index (χ1n) is 7.40. The lowest BCUT2D eigenvalue weighted by atomic mass is 10.2. The van der Waals surface area contributed by atoms with Crippen molar-refractivity contribution in [3.8, 4) is 6.07 Å². The number of anilines is 2. The predicted molar refractivity (Wildman–Crippen MR) is 97.3 cm³/mol. The quantitative estimate of drug-likeness (QED) is 0.485. The number of nitrogen functional groups attached to an aromatic ring is 1. The monoisotopic (exact) mass is 355 g/mol. The van der Waals surface area contributed by atoms with Crippen LogP contribution in [0, 0.1) is 11.3 Å². The summed E-state index contributed by atoms with van der Waals surface area (Å²) in [7, 11) is 0. The molecule has 6 nitrogen and oxygen atoms in total. The Morgan fingerprint density at radius 1 is 1.28 bits per heavy atom. The van der Waals surface area contributed by atoms with Gasteiger partial charge < -0.3 is 15.8 Å². The Labute approximate surface area is 150 Å². The maximum absolute atomic E-state index is 12.2. The minimum absolute atomic E-state index is 0.315. The van der Waals surface area contributed by atoms with E-state index in [1.54, 1.807) is 42.5 Å². The summed E-state index contributed by atoms with van der Waals surface area (Å²) in [6, 6.07) is 13.4. The minimum Gasteiger partial charge on any atom is -0.449 e. The second kappa shape index (κ2) is 8.22. The Hall–Kier alpha value is -2.98. The fraction of sp³-hybridized carbons (Fsp3) is 0.167. The van der Waals surface area contributed by atoms with Crippen LogP contribution in [-0.2, 0) is 9.53 Å². The average Bonchev–Trinajstić information content (AvgIpc) is 2.62. The molecule has 1 atom stereocenters. The number of nitrogens with zero attached hydrogens (tertiary/aromatic N) is 1. The highest BCUT2D eigenvalue weighted by molar-refractivity contribution is 7.98. The molecular weight excluding hydrogens is 338 g/mol. The number of nitrogens with one attached hydrogen (secondary N) is 1. The van der Waals surface area contributed by atoms with Crippen LogP contribution in [0.2, 0.25) is 0 Å². The number of rotatable bonds is 5. The van der Waals surface area contributed by atoms with E-state index in [1.807, 2.05) is 12.3 Å². The molecule has 0 aliphatic heterocycles. The highest BCUT2D eigenvalue weighted by atomic mass is 32.2. The summed E-state index contributed by atoms with van der Waals surface area (Å²) in [5, 5.41) is 11.6. The molecule has 25 heavy (non-hydrogen) atoms. The molecule has 0 fully saturated rings. The number of ether oxygens (including phenoxy) is 1. The largest absolute Gasteiger partial charge is 0.449 e. The first kappa shape index (κ1) is 18.4. The predicted octanol–water partition coefficient (Wildman–Crippen LogP) is 3.05. The maximum Gasteiger partial charge on any atom is 0.338 e. The lowest BCUT2D eigenvalue weighted by molar-refractivity contribution is -0.123. The normalized spacial score (nSPS) is 11.2. The van der Waals surface area contributed by atoms with Crippen LogP contribution < -0.4 is 11.1 Å². The van der Waals surface area contributed by atoms with Gasteiger partial charge in [-0.1, -0.05) is 12.1 Å². The van der Waals surface area contributed by atoms with Gasteiger partial charge in [-0.2, -0.15) is 5.26 Å². The molecule has 2 aromatic carbocycles. The van der Waals surface area contributed by atoms with Crippen LogP contribution in [0.15, 0.2) is 47.4 Å². The lowest BCUT2D eigenvalue weighted by Gasteiger charge is -2.14. The van der Waals surface area contributed by atoms with E-state index in [9.17, 15) is 9.59 Å². The number of thioether (sulfide) groups is 1. The van der Waals surface area contributed by atoms with Crippen molar-refractivity contribution in [3.05, 3.63) is 53.6 Å². The SMILES string of the molecule is CSc1cc(C(=O)O[C@H](C)C(=O)Nc2ccccc2C#N)ccc1N. The molecule has 0 saturated heterocycles. The van der Waals surface area contributed by atoms with E-state index in [-0.39, 0.29) is 0 Å². The summed E-state index contributed by atoms with van der Waals surface area (Å²) >= 11 is 1.42. The van der Waals surface area contributed by atoms with Crippen molar-refractivity contribution in [3.63, 3.8) is 0 Å². The molecule has 2 rings (SSSR count). The van der Waals surface area contributed by atoms with E-state index in [4.69, 9.17) is 15.7 Å². The van der Waals surface area contributed by atoms with E-state index >= 15 is 0 Å². The van der Waals surface area contributed by atoms with Crippen molar-refractivity contribution < 1.29 is 14.3 Å². The number of hydrogen-bond acceptors (Lipinski definition) is 6. The van der Waals surface area contributed by atoms with Crippen molar-refractivity contribution in [2.24, 2.45) is 0 Å². The molecule has 0 unspecified atom stereocenters. The van der Waals surface area contributed by atoms with Crippen molar-refractivity contribution in [1.82, 2.24) is 0 Å². The molecule has 3 N–H and O–H groups in total. The van der Waals surface area contributed by atoms with Crippen LogP contribution >= 0.6 is 11.8 Å². The van der Waals surface area contributed by atoms with Gasteiger partial charge in [0, 0.05) is 10.6 Å². The molecule has 0 spiro atoms. The van der Waals surface area contributed by atoms with Crippen LogP contribution in [0.1, 0.15) is 22.8 Å². The highest BCUT2D eigenvalue weighted by Crippen LogP contribution is 2.24. The van der Waals surface area contributed by atoms with Gasteiger partial charge in [0.15, 0.2) is 6.10 Å². The van der Waals surface area contributed by atoms with Gasteiger partial charge in [-0.05, 0) is 43.5 Å². The fourth-order valence-corrected chi connectivity index (χ4v) is 2.59. The molecule has 7 heteroatoms. The Morgan fingerprint density at radius 3 is 2.68 bits per heavy atom. The molecule has 0 aromatic heterocycles. The molecular formula is C18H17N3O3S. The van der Waals surface area contributed by atoms with Gasteiger partial charge in [-0.25, -0.2) is 4.79 Å². The molecule has 0 radical (unpaired) electrons. The number of para-hydroxylation sites is 1. The zero-order valence-electron chi connectivity index (χ0n) is 13.8. The zero-order valence-corrected chi connectivity index (χ0v) is 14.6. The zero-order chi connectivity index (χ0) is 18.4. The molecule has 2 aromatic rings. The molecule has 0 aliphatic carbocycles. The Morgan fingerprint density at radius 2 is 2.00 bits per heavy atom. The smallest absolute Gasteiger partial charge is 0.338 e. The standard InChI is InChI=1S/C18H17N3O3S/c1-11(17(22)21-15-6-4-3-5-13(15)10-19)24-18(23)12-7-8-14(20)16(9-12)25-2/h3-9,11H,20H2,1-2H3,(H,21,22)/t11-/m1/s1. The van der Waals surface area contributed by atoms with Crippen LogP contribution in [0.5, 0.6) is 0 Å². The van der Waals surface area contributed by atoms with Gasteiger partial charge in [0.1, 0.15) is 6.07 Å². The maximum atomic E-state index is 12.2. The minimum atomic E-state index is -1.02. The highest BCUT2D eigenvalue weighted by Gasteiger charge is 2.20. The fourth-order valence-electron chi connectivity index (χ4n) is 2.04. The number of benzene rings is 2. The summed E-state index contributed by atoms with van der Waals surface area (Å²) in [5.74, 6) is -1.14. The van der Waals surface area contributed by atoms with Gasteiger partial charge >= 0.3 is 5.97 Å². The van der Waals surface area contributed by atoms with Crippen LogP contribution in [-0.4, -0.2) is 24.2 Å². The van der Waals surface area contributed by atoms with Gasteiger partial charge in [0.05, 0.1) is 16.8 Å². The summed E-state index contributed by atoms with van der Waals surface area (Å²) in [4.78, 5) is 25.2. The summed E-state index contributed by atoms with van der Waals surface area (Å²) in [5.41, 5.74) is 7.39. The number of amides is 1. The van der Waals surface area contributed by atoms with E-state index in [1.165, 1.54) is 18.7 Å². The number of nitriles is 1. The van der Waals surface area contributed by atoms with Crippen molar-refractivity contribution in [2.45, 2.75) is 17.9 Å². The third-order valence-electron chi connectivity index (χ3n) is 3.43. The molecule has 0 bridgehead atoms. The third-order valence-corrected chi connectivity index (χ3v) is 4.22. The Bertz CT molecular complexity index is 846. The summed E-state index contributed by atoms with van der Waals surface area (Å²) in [6.07, 6.45) is 0.832. The summed E-state index contributed by atoms with van der Waals surface area (Å²) < 4.78 is 5.20. The number of hydrogen-bond donors (Lipinski definition) is 2. The van der Waals surface area contributed by atoms with Crippen LogP contribution in [0.3, 0.4) is 0 Å². The topological polar surface area (TPSA) is 105 Å². The Kier molecular flexibility index (Phi) is 6.03. The van der Waals surface area contributed by atoms with Crippen molar-refractivity contribution in [2.75, 3.05) is 17.3 Å². The molecule has 0 aliphatic rings. The van der Waals surface area contributed by atoms with E-state index < -0.39 is 18.0 Å². The second-order valence-electron chi connectivity index (χ2n) is 5.15. The number of carbonyl (C=O) groups is 2. The molecule has 1 amide bonds. The van der Waals surface area contributed by atoms with E-state index in [0.717, 1.165) is 4.90 Å². The second-order valence-corrected chi connectivity index (χ2v) is 6.00. The number of carbonyl (C=O) groups excluding carboxylic acids is 2. The van der Waals surface area contributed by atoms with E-state index in [0.29, 0.717) is 22.5 Å². The van der Waals surface area contributed by atoms with Gasteiger partial charge in [-0.3, -0.25) is 4.79 Å². The molecule has 0 saturated carbocycles. The molecule has 128 valence electrons. The van der Waals surface area contributed by atoms with E-state index in [2.05, 4.69) is 5.32 Å². The van der Waals surface area contributed by atoms with Crippen molar-refractivity contribution >= 4 is 35.0 Å². The number of nitrogens with two attached hydrogens (primary N) is 1. The lowest BCUT2D eigenvalue weighted by Crippen LogP contribution is -2.30. The van der Waals surface area contributed by atoms with Gasteiger partial charge in [0.25, 0.3) is 5.91 Å². The first-order valence-corrected chi connectivity index (χ1v) is 8.63. The van der Waals surface area contributed by atoms with Gasteiger partial charge in [-0.15, -0.1) is 11.8 Å². The van der Waals surface area contributed by atoms with Gasteiger partial charge in [0.2, 0.25) is 0 Å². The molecule has 0 heterocycles. The summed E-state index contributed by atoms with van der Waals surface area (Å²) in [6.45, 7) is 1.47.